The number of benzene rings is 1. The predicted molar refractivity (Wildman–Crippen MR) is 129 cm³/mol. The Bertz CT molecular complexity index is 1390. The number of nitrogens with two attached hydrogens (primary N) is 1. The van der Waals surface area contributed by atoms with Crippen molar-refractivity contribution in [3.63, 3.8) is 0 Å². The van der Waals surface area contributed by atoms with E-state index in [0.717, 1.165) is 36.8 Å². The summed E-state index contributed by atoms with van der Waals surface area (Å²) in [4.78, 5) is 11.8. The number of hydrogen-bond donors (Lipinski definition) is 2. The monoisotopic (exact) mass is 482 g/mol. The van der Waals surface area contributed by atoms with Crippen LogP contribution in [-0.2, 0) is 18.4 Å². The molecule has 0 aliphatic carbocycles. The van der Waals surface area contributed by atoms with E-state index in [1.807, 2.05) is 26.1 Å². The van der Waals surface area contributed by atoms with Gasteiger partial charge in [-0.05, 0) is 31.9 Å². The normalized spacial score (nSPS) is 22.4. The van der Waals surface area contributed by atoms with Crippen LogP contribution < -0.4 is 10.6 Å². The summed E-state index contributed by atoms with van der Waals surface area (Å²) in [5.74, 6) is 0.693. The Morgan fingerprint density at radius 1 is 1.21 bits per heavy atom. The van der Waals surface area contributed by atoms with Crippen LogP contribution in [-0.4, -0.2) is 66.5 Å². The summed E-state index contributed by atoms with van der Waals surface area (Å²) in [5.41, 5.74) is 9.69. The molecular formula is C23H27ClN8O2. The van der Waals surface area contributed by atoms with Crippen molar-refractivity contribution in [1.82, 2.24) is 29.5 Å². The molecule has 1 aromatic carbocycles. The molecule has 4 aromatic rings. The first-order valence-corrected chi connectivity index (χ1v) is 11.9. The zero-order valence-corrected chi connectivity index (χ0v) is 19.9. The number of rotatable bonds is 3. The predicted octanol–water partition coefficient (Wildman–Crippen LogP) is 2.18. The molecule has 2 fully saturated rings. The quantitative estimate of drug-likeness (QED) is 0.456. The molecule has 3 N–H and O–H groups in total. The van der Waals surface area contributed by atoms with E-state index in [0.29, 0.717) is 40.0 Å². The van der Waals surface area contributed by atoms with E-state index >= 15 is 0 Å². The van der Waals surface area contributed by atoms with E-state index in [4.69, 9.17) is 32.0 Å². The number of nitrogens with zero attached hydrogens (tertiary/aromatic N) is 7. The fourth-order valence-corrected chi connectivity index (χ4v) is 5.79. The highest BCUT2D eigenvalue weighted by atomic mass is 35.5. The average molecular weight is 483 g/mol. The van der Waals surface area contributed by atoms with Crippen molar-refractivity contribution in [3.8, 4) is 5.69 Å². The van der Waals surface area contributed by atoms with Gasteiger partial charge in [0.1, 0.15) is 11.2 Å². The van der Waals surface area contributed by atoms with Crippen molar-refractivity contribution >= 4 is 39.5 Å². The van der Waals surface area contributed by atoms with Crippen LogP contribution in [0, 0.1) is 5.41 Å². The zero-order chi connectivity index (χ0) is 23.6. The maximum Gasteiger partial charge on any atom is 0.182 e. The maximum absolute atomic E-state index is 10.2. The molecule has 2 saturated heterocycles. The van der Waals surface area contributed by atoms with Gasteiger partial charge >= 0.3 is 0 Å². The van der Waals surface area contributed by atoms with E-state index in [2.05, 4.69) is 15.1 Å². The number of hydrogen-bond acceptors (Lipinski definition) is 8. The summed E-state index contributed by atoms with van der Waals surface area (Å²) < 4.78 is 9.25. The third-order valence-electron chi connectivity index (χ3n) is 7.55. The first-order chi connectivity index (χ1) is 16.4. The van der Waals surface area contributed by atoms with Crippen molar-refractivity contribution in [2.45, 2.75) is 38.5 Å². The summed E-state index contributed by atoms with van der Waals surface area (Å²) in [6.07, 6.45) is 5.38. The Balaban J connectivity index is 1.36. The number of aliphatic hydroxyl groups excluding tert-OH is 1. The SMILES string of the molecule is C[C@@H]1OCC2(CCN(c3nc4cnn(-c5ccc6cnn(C)c6c5Cl)c4nc3CO)CC2)[C@@H]1N. The average Bonchev–Trinajstić information content (AvgIpc) is 3.52. The third kappa shape index (κ3) is 3.13. The number of halogens is 1. The molecule has 11 heteroatoms. The molecule has 2 atom stereocenters. The molecule has 0 saturated carbocycles. The van der Waals surface area contributed by atoms with E-state index in [9.17, 15) is 5.11 Å². The highest BCUT2D eigenvalue weighted by Gasteiger charge is 2.47. The number of aliphatic hydroxyl groups is 1. The summed E-state index contributed by atoms with van der Waals surface area (Å²) in [7, 11) is 1.85. The zero-order valence-electron chi connectivity index (χ0n) is 19.1. The van der Waals surface area contributed by atoms with E-state index in [-0.39, 0.29) is 24.2 Å². The van der Waals surface area contributed by atoms with Crippen molar-refractivity contribution in [3.05, 3.63) is 35.2 Å². The molecule has 0 bridgehead atoms. The van der Waals surface area contributed by atoms with Crippen LogP contribution in [0.5, 0.6) is 0 Å². The Labute approximate surface area is 201 Å². The van der Waals surface area contributed by atoms with Gasteiger partial charge in [0.25, 0.3) is 0 Å². The molecule has 1 spiro atoms. The van der Waals surface area contributed by atoms with Gasteiger partial charge in [0, 0.05) is 37.0 Å². The fourth-order valence-electron chi connectivity index (χ4n) is 5.42. The van der Waals surface area contributed by atoms with Crippen molar-refractivity contribution in [2.75, 3.05) is 24.6 Å². The first-order valence-electron chi connectivity index (χ1n) is 11.5. The molecule has 178 valence electrons. The number of aromatic nitrogens is 6. The van der Waals surface area contributed by atoms with E-state index < -0.39 is 0 Å². The third-order valence-corrected chi connectivity index (χ3v) is 7.93. The number of anilines is 1. The van der Waals surface area contributed by atoms with Gasteiger partial charge in [0.15, 0.2) is 11.5 Å². The smallest absolute Gasteiger partial charge is 0.182 e. The second-order valence-electron chi connectivity index (χ2n) is 9.41. The van der Waals surface area contributed by atoms with Gasteiger partial charge in [-0.3, -0.25) is 4.68 Å². The van der Waals surface area contributed by atoms with Crippen LogP contribution in [0.1, 0.15) is 25.5 Å². The molecule has 2 aliphatic heterocycles. The minimum absolute atomic E-state index is 0.0128. The molecule has 10 nitrogen and oxygen atoms in total. The van der Waals surface area contributed by atoms with E-state index in [1.165, 1.54) is 0 Å². The highest BCUT2D eigenvalue weighted by Crippen LogP contribution is 2.42. The van der Waals surface area contributed by atoms with Crippen LogP contribution in [0.15, 0.2) is 24.5 Å². The van der Waals surface area contributed by atoms with Crippen molar-refractivity contribution < 1.29 is 9.84 Å². The Morgan fingerprint density at radius 2 is 2.00 bits per heavy atom. The minimum Gasteiger partial charge on any atom is -0.390 e. The lowest BCUT2D eigenvalue weighted by molar-refractivity contribution is 0.0973. The maximum atomic E-state index is 10.2. The lowest BCUT2D eigenvalue weighted by atomic mass is 9.73. The summed E-state index contributed by atoms with van der Waals surface area (Å²) in [6.45, 7) is 4.10. The standard InChI is InChI=1S/C23H27ClN8O2/c1-13-20(25)23(12-34-13)5-7-31(8-6-23)21-16(11-33)29-22-15(28-21)10-27-32(22)17-4-3-14-9-26-30(2)19(14)18(17)24/h3-4,9-10,13,20,33H,5-8,11-12,25H2,1-2H3/t13-,20+/m0/s1. The lowest BCUT2D eigenvalue weighted by Gasteiger charge is -2.41. The topological polar surface area (TPSA) is 120 Å². The molecule has 0 unspecified atom stereocenters. The van der Waals surface area contributed by atoms with Crippen LogP contribution in [0.2, 0.25) is 5.02 Å². The second-order valence-corrected chi connectivity index (χ2v) is 9.79. The molecule has 6 rings (SSSR count). The van der Waals surface area contributed by atoms with Crippen LogP contribution in [0.25, 0.3) is 27.8 Å². The molecule has 0 amide bonds. The number of fused-ring (bicyclic) bond motifs is 2. The summed E-state index contributed by atoms with van der Waals surface area (Å²) >= 11 is 6.74. The molecule has 2 aliphatic rings. The van der Waals surface area contributed by atoms with Gasteiger partial charge in [0.2, 0.25) is 0 Å². The van der Waals surface area contributed by atoms with Gasteiger partial charge in [0.05, 0.1) is 47.9 Å². The molecular weight excluding hydrogens is 456 g/mol. The minimum atomic E-state index is -0.223. The van der Waals surface area contributed by atoms with Crippen LogP contribution >= 0.6 is 11.6 Å². The van der Waals surface area contributed by atoms with Crippen molar-refractivity contribution in [2.24, 2.45) is 18.2 Å². The molecule has 5 heterocycles. The van der Waals surface area contributed by atoms with Gasteiger partial charge < -0.3 is 20.5 Å². The van der Waals surface area contributed by atoms with Gasteiger partial charge in [-0.25, -0.2) is 14.6 Å². The summed E-state index contributed by atoms with van der Waals surface area (Å²) in [5, 5.41) is 20.5. The fraction of sp³-hybridized carbons (Fsp3) is 0.478. The Hall–Kier alpha value is -2.79. The second kappa shape index (κ2) is 7.88. The van der Waals surface area contributed by atoms with Gasteiger partial charge in [-0.2, -0.15) is 10.2 Å². The largest absolute Gasteiger partial charge is 0.390 e. The molecule has 34 heavy (non-hydrogen) atoms. The molecule has 3 aromatic heterocycles. The number of piperidine rings is 1. The van der Waals surface area contributed by atoms with Crippen LogP contribution in [0.3, 0.4) is 0 Å². The van der Waals surface area contributed by atoms with Gasteiger partial charge in [-0.1, -0.05) is 11.6 Å². The van der Waals surface area contributed by atoms with Crippen LogP contribution in [0.4, 0.5) is 5.82 Å². The number of ether oxygens (including phenoxy) is 1. The molecule has 0 radical (unpaired) electrons. The summed E-state index contributed by atoms with van der Waals surface area (Å²) in [6, 6.07) is 3.89. The van der Waals surface area contributed by atoms with Gasteiger partial charge in [-0.15, -0.1) is 0 Å². The highest BCUT2D eigenvalue weighted by molar-refractivity contribution is 6.37. The Kier molecular flexibility index (Phi) is 5.03. The lowest BCUT2D eigenvalue weighted by Crippen LogP contribution is -2.51. The first kappa shape index (κ1) is 21.7. The van der Waals surface area contributed by atoms with E-state index in [1.54, 1.807) is 21.8 Å². The Morgan fingerprint density at radius 3 is 2.71 bits per heavy atom. The number of aryl methyl sites for hydroxylation is 1. The van der Waals surface area contributed by atoms with Crippen molar-refractivity contribution in [1.29, 1.82) is 0 Å².